The zero-order valence-corrected chi connectivity index (χ0v) is 10.1. The standard InChI is InChI=1S/C6H16N2O2S3/c1-2-13(9,10)8-4-6-12-11-5-3-7/h8H,2-7H2,1H3. The molecule has 0 rings (SSSR count). The number of nitrogens with one attached hydrogen (secondary N) is 1. The fourth-order valence-electron chi connectivity index (χ4n) is 0.507. The topological polar surface area (TPSA) is 72.2 Å². The van der Waals surface area contributed by atoms with Gasteiger partial charge in [-0.25, -0.2) is 13.1 Å². The maximum atomic E-state index is 10.9. The van der Waals surface area contributed by atoms with Crippen molar-refractivity contribution < 1.29 is 8.42 Å². The van der Waals surface area contributed by atoms with E-state index in [1.165, 1.54) is 0 Å². The van der Waals surface area contributed by atoms with Gasteiger partial charge in [-0.15, -0.1) is 0 Å². The van der Waals surface area contributed by atoms with Gasteiger partial charge in [-0.05, 0) is 6.92 Å². The molecule has 3 N–H and O–H groups in total. The van der Waals surface area contributed by atoms with E-state index in [9.17, 15) is 8.42 Å². The van der Waals surface area contributed by atoms with Gasteiger partial charge < -0.3 is 5.73 Å². The van der Waals surface area contributed by atoms with Crippen molar-refractivity contribution in [2.75, 3.05) is 30.3 Å². The SMILES string of the molecule is CCS(=O)(=O)NCCSSCCN. The Balaban J connectivity index is 3.26. The van der Waals surface area contributed by atoms with Crippen LogP contribution in [0.3, 0.4) is 0 Å². The second kappa shape index (κ2) is 7.93. The van der Waals surface area contributed by atoms with Gasteiger partial charge in [0.2, 0.25) is 10.0 Å². The molecule has 0 aliphatic carbocycles. The van der Waals surface area contributed by atoms with Crippen LogP contribution in [0.2, 0.25) is 0 Å². The number of sulfonamides is 1. The summed E-state index contributed by atoms with van der Waals surface area (Å²) in [4.78, 5) is 0. The Morgan fingerprint density at radius 1 is 1.31 bits per heavy atom. The molecule has 0 fully saturated rings. The molecular formula is C6H16N2O2S3. The van der Waals surface area contributed by atoms with Gasteiger partial charge in [0.15, 0.2) is 0 Å². The Morgan fingerprint density at radius 3 is 2.46 bits per heavy atom. The van der Waals surface area contributed by atoms with Gasteiger partial charge in [0.05, 0.1) is 5.75 Å². The van der Waals surface area contributed by atoms with Crippen LogP contribution in [0.25, 0.3) is 0 Å². The van der Waals surface area contributed by atoms with Crippen LogP contribution >= 0.6 is 21.6 Å². The summed E-state index contributed by atoms with van der Waals surface area (Å²) in [6.45, 7) is 2.79. The summed E-state index contributed by atoms with van der Waals surface area (Å²) in [5, 5.41) is 0. The molecule has 0 saturated heterocycles. The van der Waals surface area contributed by atoms with Crippen LogP contribution in [0, 0.1) is 0 Å². The summed E-state index contributed by atoms with van der Waals surface area (Å²) in [6.07, 6.45) is 0. The minimum Gasteiger partial charge on any atom is -0.330 e. The highest BCUT2D eigenvalue weighted by Crippen LogP contribution is 2.18. The highest BCUT2D eigenvalue weighted by molar-refractivity contribution is 8.76. The number of rotatable bonds is 8. The summed E-state index contributed by atoms with van der Waals surface area (Å²) >= 11 is 0. The monoisotopic (exact) mass is 244 g/mol. The number of nitrogens with two attached hydrogens (primary N) is 1. The Hall–Kier alpha value is 0.570. The van der Waals surface area contributed by atoms with Crippen LogP contribution in [0.1, 0.15) is 6.92 Å². The molecule has 4 nitrogen and oxygen atoms in total. The third-order valence-corrected chi connectivity index (χ3v) is 5.02. The van der Waals surface area contributed by atoms with E-state index < -0.39 is 10.0 Å². The lowest BCUT2D eigenvalue weighted by atomic mass is 10.8. The summed E-state index contributed by atoms with van der Waals surface area (Å²) in [7, 11) is 0.297. The van der Waals surface area contributed by atoms with E-state index in [4.69, 9.17) is 5.73 Å². The minimum atomic E-state index is -3.01. The van der Waals surface area contributed by atoms with Crippen LogP contribution in [-0.2, 0) is 10.0 Å². The lowest BCUT2D eigenvalue weighted by Gasteiger charge is -2.02. The average Bonchev–Trinajstić information content (AvgIpc) is 2.11. The summed E-state index contributed by atoms with van der Waals surface area (Å²) in [5.41, 5.74) is 5.29. The van der Waals surface area contributed by atoms with Crippen molar-refractivity contribution in [2.45, 2.75) is 6.92 Å². The first-order valence-electron chi connectivity index (χ1n) is 4.04. The quantitative estimate of drug-likeness (QED) is 0.473. The van der Waals surface area contributed by atoms with Crippen LogP contribution in [0.15, 0.2) is 0 Å². The van der Waals surface area contributed by atoms with E-state index in [2.05, 4.69) is 4.72 Å². The van der Waals surface area contributed by atoms with E-state index >= 15 is 0 Å². The van der Waals surface area contributed by atoms with Crippen molar-refractivity contribution in [3.05, 3.63) is 0 Å². The fourth-order valence-corrected chi connectivity index (χ4v) is 3.02. The lowest BCUT2D eigenvalue weighted by molar-refractivity contribution is 0.585. The van der Waals surface area contributed by atoms with Gasteiger partial charge in [0, 0.05) is 24.6 Å². The maximum Gasteiger partial charge on any atom is 0.211 e. The lowest BCUT2D eigenvalue weighted by Crippen LogP contribution is -2.27. The second-order valence-corrected chi connectivity index (χ2v) is 7.03. The third kappa shape index (κ3) is 8.89. The normalized spacial score (nSPS) is 11.8. The first-order chi connectivity index (χ1) is 6.12. The molecular weight excluding hydrogens is 228 g/mol. The van der Waals surface area contributed by atoms with E-state index in [1.807, 2.05) is 0 Å². The van der Waals surface area contributed by atoms with Crippen LogP contribution in [-0.4, -0.2) is 38.8 Å². The minimum absolute atomic E-state index is 0.146. The number of hydrogen-bond donors (Lipinski definition) is 2. The van der Waals surface area contributed by atoms with Crippen LogP contribution in [0.5, 0.6) is 0 Å². The zero-order chi connectivity index (χ0) is 10.2. The summed E-state index contributed by atoms with van der Waals surface area (Å²) < 4.78 is 24.4. The van der Waals surface area contributed by atoms with Crippen molar-refractivity contribution in [1.82, 2.24) is 4.72 Å². The van der Waals surface area contributed by atoms with Gasteiger partial charge >= 0.3 is 0 Å². The van der Waals surface area contributed by atoms with Crippen molar-refractivity contribution in [3.8, 4) is 0 Å². The molecule has 0 aromatic heterocycles. The number of hydrogen-bond acceptors (Lipinski definition) is 5. The smallest absolute Gasteiger partial charge is 0.211 e. The molecule has 13 heavy (non-hydrogen) atoms. The Kier molecular flexibility index (Phi) is 8.27. The third-order valence-electron chi connectivity index (χ3n) is 1.17. The molecule has 0 bridgehead atoms. The Bertz CT molecular complexity index is 206. The Labute approximate surface area is 87.9 Å². The van der Waals surface area contributed by atoms with Gasteiger partial charge in [-0.2, -0.15) is 0 Å². The second-order valence-electron chi connectivity index (χ2n) is 2.23. The maximum absolute atomic E-state index is 10.9. The molecule has 0 atom stereocenters. The zero-order valence-electron chi connectivity index (χ0n) is 7.65. The van der Waals surface area contributed by atoms with Gasteiger partial charge in [-0.3, -0.25) is 0 Å². The molecule has 0 radical (unpaired) electrons. The van der Waals surface area contributed by atoms with E-state index in [1.54, 1.807) is 28.5 Å². The molecule has 7 heteroatoms. The van der Waals surface area contributed by atoms with E-state index in [0.29, 0.717) is 13.1 Å². The largest absolute Gasteiger partial charge is 0.330 e. The molecule has 0 unspecified atom stereocenters. The molecule has 0 aromatic carbocycles. The molecule has 0 spiro atoms. The summed E-state index contributed by atoms with van der Waals surface area (Å²) in [5.74, 6) is 1.84. The highest BCUT2D eigenvalue weighted by atomic mass is 33.1. The van der Waals surface area contributed by atoms with Gasteiger partial charge in [-0.1, -0.05) is 21.6 Å². The van der Waals surface area contributed by atoms with Crippen LogP contribution in [0.4, 0.5) is 0 Å². The molecule has 0 aromatic rings. The Morgan fingerprint density at radius 2 is 1.92 bits per heavy atom. The molecule has 0 saturated carbocycles. The molecule has 0 heterocycles. The van der Waals surface area contributed by atoms with Crippen molar-refractivity contribution in [1.29, 1.82) is 0 Å². The van der Waals surface area contributed by atoms with E-state index in [-0.39, 0.29) is 5.75 Å². The summed E-state index contributed by atoms with van der Waals surface area (Å²) in [6, 6.07) is 0. The van der Waals surface area contributed by atoms with Crippen molar-refractivity contribution in [3.63, 3.8) is 0 Å². The van der Waals surface area contributed by atoms with E-state index in [0.717, 1.165) is 11.5 Å². The highest BCUT2D eigenvalue weighted by Gasteiger charge is 2.03. The molecule has 80 valence electrons. The van der Waals surface area contributed by atoms with Crippen molar-refractivity contribution in [2.24, 2.45) is 5.73 Å². The molecule has 0 aliphatic rings. The fraction of sp³-hybridized carbons (Fsp3) is 1.00. The predicted molar refractivity (Wildman–Crippen MR) is 61.4 cm³/mol. The first kappa shape index (κ1) is 13.6. The average molecular weight is 244 g/mol. The van der Waals surface area contributed by atoms with Gasteiger partial charge in [0.1, 0.15) is 0 Å². The first-order valence-corrected chi connectivity index (χ1v) is 8.18. The molecule has 0 amide bonds. The molecule has 0 aliphatic heterocycles. The van der Waals surface area contributed by atoms with Crippen LogP contribution < -0.4 is 10.5 Å². The predicted octanol–water partition coefficient (Wildman–Crippen LogP) is 0.266. The van der Waals surface area contributed by atoms with Crippen molar-refractivity contribution >= 4 is 31.6 Å². The van der Waals surface area contributed by atoms with Gasteiger partial charge in [0.25, 0.3) is 0 Å².